The van der Waals surface area contributed by atoms with Gasteiger partial charge in [-0.3, -0.25) is 10.00 Å². The number of carbonyl (C=O) groups excluding carboxylic acids is 1. The quantitative estimate of drug-likeness (QED) is 0.381. The van der Waals surface area contributed by atoms with E-state index in [1.165, 1.54) is 6.07 Å². The first-order valence-corrected chi connectivity index (χ1v) is 13.8. The van der Waals surface area contributed by atoms with Crippen molar-refractivity contribution in [2.24, 2.45) is 0 Å². The van der Waals surface area contributed by atoms with Crippen LogP contribution in [0.1, 0.15) is 34.7 Å². The minimum absolute atomic E-state index is 0.00884. The molecule has 38 heavy (non-hydrogen) atoms. The van der Waals surface area contributed by atoms with Gasteiger partial charge in [-0.05, 0) is 50.6 Å². The standard InChI is InChI=1S/C28H31FN6O2S/c1-17-30-24-13-18(8-9-26(24)38-17)27-21-16-35(12-10-23(21)32-33-27)28(36)31-19-5-4-11-34(14-19)15-20-22(29)6-3-7-25(20)37-2/h3,6-9,13,19H,4-5,10-12,14-16H2,1-2H3,(H,31,36)(H,32,33)/t19-/m1/s1. The molecular formula is C28H31FN6O2S. The molecule has 4 aromatic rings. The smallest absolute Gasteiger partial charge is 0.317 e. The van der Waals surface area contributed by atoms with Gasteiger partial charge in [-0.25, -0.2) is 14.2 Å². The van der Waals surface area contributed by atoms with Crippen LogP contribution < -0.4 is 10.1 Å². The van der Waals surface area contributed by atoms with Crippen LogP contribution in [0.15, 0.2) is 36.4 Å². The van der Waals surface area contributed by atoms with Crippen molar-refractivity contribution in [3.63, 3.8) is 0 Å². The Hall–Kier alpha value is -3.50. The molecule has 198 valence electrons. The average molecular weight is 535 g/mol. The van der Waals surface area contributed by atoms with Crippen molar-refractivity contribution in [3.05, 3.63) is 64.0 Å². The van der Waals surface area contributed by atoms with Gasteiger partial charge in [-0.1, -0.05) is 12.1 Å². The van der Waals surface area contributed by atoms with Crippen molar-refractivity contribution >= 4 is 27.6 Å². The molecule has 0 aliphatic carbocycles. The molecule has 0 spiro atoms. The van der Waals surface area contributed by atoms with Gasteiger partial charge in [0.15, 0.2) is 0 Å². The van der Waals surface area contributed by atoms with Crippen LogP contribution in [-0.4, -0.2) is 63.8 Å². The Morgan fingerprint density at radius 3 is 3.05 bits per heavy atom. The van der Waals surface area contributed by atoms with Gasteiger partial charge in [0.25, 0.3) is 0 Å². The highest BCUT2D eigenvalue weighted by Crippen LogP contribution is 2.32. The first kappa shape index (κ1) is 24.8. The van der Waals surface area contributed by atoms with Crippen LogP contribution in [-0.2, 0) is 19.5 Å². The summed E-state index contributed by atoms with van der Waals surface area (Å²) < 4.78 is 21.0. The van der Waals surface area contributed by atoms with Crippen molar-refractivity contribution in [1.29, 1.82) is 0 Å². The molecule has 0 radical (unpaired) electrons. The highest BCUT2D eigenvalue weighted by Gasteiger charge is 2.29. The monoisotopic (exact) mass is 534 g/mol. The summed E-state index contributed by atoms with van der Waals surface area (Å²) in [4.78, 5) is 22.0. The van der Waals surface area contributed by atoms with E-state index < -0.39 is 0 Å². The highest BCUT2D eigenvalue weighted by molar-refractivity contribution is 7.18. The second-order valence-corrected chi connectivity index (χ2v) is 11.3. The van der Waals surface area contributed by atoms with Crippen molar-refractivity contribution in [2.45, 2.75) is 45.3 Å². The summed E-state index contributed by atoms with van der Waals surface area (Å²) in [6.45, 7) is 5.14. The van der Waals surface area contributed by atoms with Gasteiger partial charge in [0.2, 0.25) is 0 Å². The number of aromatic amines is 1. The summed E-state index contributed by atoms with van der Waals surface area (Å²) >= 11 is 1.68. The lowest BCUT2D eigenvalue weighted by Gasteiger charge is -2.35. The van der Waals surface area contributed by atoms with Crippen molar-refractivity contribution in [1.82, 2.24) is 30.3 Å². The molecule has 2 amide bonds. The number of urea groups is 1. The number of hydrogen-bond donors (Lipinski definition) is 2. The number of likely N-dealkylation sites (tertiary alicyclic amines) is 1. The number of nitrogens with zero attached hydrogens (tertiary/aromatic N) is 4. The number of hydrogen-bond acceptors (Lipinski definition) is 6. The summed E-state index contributed by atoms with van der Waals surface area (Å²) in [6.07, 6.45) is 2.58. The SMILES string of the molecule is COc1cccc(F)c1CN1CCC[C@@H](NC(=O)N2CCc3[nH]nc(-c4ccc5sc(C)nc5c4)c3C2)C1. The molecule has 0 saturated carbocycles. The van der Waals surface area contributed by atoms with Gasteiger partial charge in [0, 0.05) is 54.5 Å². The minimum atomic E-state index is -0.264. The first-order valence-electron chi connectivity index (χ1n) is 13.0. The Kier molecular flexibility index (Phi) is 6.75. The maximum atomic E-state index is 14.5. The molecule has 2 aromatic carbocycles. The number of methoxy groups -OCH3 is 1. The van der Waals surface area contributed by atoms with Crippen LogP contribution in [0.4, 0.5) is 9.18 Å². The van der Waals surface area contributed by atoms with E-state index in [2.05, 4.69) is 43.6 Å². The molecule has 1 fully saturated rings. The molecule has 8 nitrogen and oxygen atoms in total. The highest BCUT2D eigenvalue weighted by atomic mass is 32.1. The van der Waals surface area contributed by atoms with E-state index in [9.17, 15) is 9.18 Å². The fraction of sp³-hybridized carbons (Fsp3) is 0.393. The van der Waals surface area contributed by atoms with Crippen LogP contribution in [0.2, 0.25) is 0 Å². The van der Waals surface area contributed by atoms with E-state index in [0.717, 1.165) is 63.5 Å². The number of amides is 2. The van der Waals surface area contributed by atoms with E-state index >= 15 is 0 Å². The van der Waals surface area contributed by atoms with Crippen molar-refractivity contribution in [3.8, 4) is 17.0 Å². The van der Waals surface area contributed by atoms with Crippen molar-refractivity contribution < 1.29 is 13.9 Å². The first-order chi connectivity index (χ1) is 18.5. The fourth-order valence-electron chi connectivity index (χ4n) is 5.59. The third-order valence-electron chi connectivity index (χ3n) is 7.50. The molecule has 2 aliphatic heterocycles. The molecule has 10 heteroatoms. The second-order valence-electron chi connectivity index (χ2n) is 10.1. The number of aryl methyl sites for hydroxylation is 1. The Morgan fingerprint density at radius 1 is 1.29 bits per heavy atom. The lowest BCUT2D eigenvalue weighted by atomic mass is 10.0. The maximum absolute atomic E-state index is 14.5. The zero-order valence-electron chi connectivity index (χ0n) is 21.6. The van der Waals surface area contributed by atoms with E-state index in [-0.39, 0.29) is 17.9 Å². The number of nitrogens with one attached hydrogen (secondary N) is 2. The lowest BCUT2D eigenvalue weighted by Crippen LogP contribution is -2.52. The molecule has 2 N–H and O–H groups in total. The van der Waals surface area contributed by atoms with E-state index in [4.69, 9.17) is 4.74 Å². The van der Waals surface area contributed by atoms with Gasteiger partial charge >= 0.3 is 6.03 Å². The van der Waals surface area contributed by atoms with E-state index in [1.54, 1.807) is 30.6 Å². The number of rotatable bonds is 5. The van der Waals surface area contributed by atoms with E-state index in [1.807, 2.05) is 11.8 Å². The fourth-order valence-corrected chi connectivity index (χ4v) is 6.39. The van der Waals surface area contributed by atoms with Crippen LogP contribution in [0, 0.1) is 12.7 Å². The number of halogens is 1. The summed E-state index contributed by atoms with van der Waals surface area (Å²) in [6, 6.07) is 11.1. The molecule has 2 aromatic heterocycles. The largest absolute Gasteiger partial charge is 0.496 e. The van der Waals surface area contributed by atoms with Gasteiger partial charge in [-0.2, -0.15) is 5.10 Å². The van der Waals surface area contributed by atoms with Crippen LogP contribution in [0.25, 0.3) is 21.5 Å². The predicted molar refractivity (Wildman–Crippen MR) is 146 cm³/mol. The molecule has 6 rings (SSSR count). The molecule has 0 unspecified atom stereocenters. The van der Waals surface area contributed by atoms with Gasteiger partial charge in [-0.15, -0.1) is 11.3 Å². The topological polar surface area (TPSA) is 86.4 Å². The van der Waals surface area contributed by atoms with Gasteiger partial charge < -0.3 is 15.0 Å². The average Bonchev–Trinajstić information content (AvgIpc) is 3.51. The maximum Gasteiger partial charge on any atom is 0.317 e. The van der Waals surface area contributed by atoms with Gasteiger partial charge in [0.1, 0.15) is 11.6 Å². The third kappa shape index (κ3) is 4.86. The number of aromatic nitrogens is 3. The Bertz CT molecular complexity index is 1480. The summed E-state index contributed by atoms with van der Waals surface area (Å²) in [5, 5.41) is 12.1. The zero-order chi connectivity index (χ0) is 26.2. The molecular weight excluding hydrogens is 503 g/mol. The van der Waals surface area contributed by atoms with Crippen molar-refractivity contribution in [2.75, 3.05) is 26.7 Å². The number of piperidine rings is 1. The normalized spacial score (nSPS) is 18.0. The van der Waals surface area contributed by atoms with Crippen LogP contribution in [0.5, 0.6) is 5.75 Å². The zero-order valence-corrected chi connectivity index (χ0v) is 22.4. The summed E-state index contributed by atoms with van der Waals surface area (Å²) in [5.41, 5.74) is 5.57. The van der Waals surface area contributed by atoms with Gasteiger partial charge in [0.05, 0.1) is 34.6 Å². The number of benzene rings is 2. The number of ether oxygens (including phenoxy) is 1. The number of H-pyrrole nitrogens is 1. The minimum Gasteiger partial charge on any atom is -0.496 e. The number of carbonyl (C=O) groups is 1. The third-order valence-corrected chi connectivity index (χ3v) is 8.45. The molecule has 4 heterocycles. The molecule has 1 saturated heterocycles. The van der Waals surface area contributed by atoms with Crippen LogP contribution in [0.3, 0.4) is 0 Å². The lowest BCUT2D eigenvalue weighted by molar-refractivity contribution is 0.159. The summed E-state index contributed by atoms with van der Waals surface area (Å²) in [5.74, 6) is 0.292. The molecule has 0 bridgehead atoms. The Balaban J connectivity index is 1.12. The van der Waals surface area contributed by atoms with E-state index in [0.29, 0.717) is 37.5 Å². The van der Waals surface area contributed by atoms with Crippen LogP contribution >= 0.6 is 11.3 Å². The predicted octanol–water partition coefficient (Wildman–Crippen LogP) is 4.87. The second kappa shape index (κ2) is 10.3. The summed E-state index contributed by atoms with van der Waals surface area (Å²) in [7, 11) is 1.56. The number of thiazole rings is 1. The Labute approximate surface area is 224 Å². The molecule has 1 atom stereocenters. The molecule has 2 aliphatic rings. The Morgan fingerprint density at radius 2 is 2.18 bits per heavy atom. The number of fused-ring (bicyclic) bond motifs is 2.